The first-order chi connectivity index (χ1) is 18.0. The highest BCUT2D eigenvalue weighted by Crippen LogP contribution is 2.64. The summed E-state index contributed by atoms with van der Waals surface area (Å²) in [6.45, 7) is 11.3. The molecule has 1 heterocycles. The minimum absolute atomic E-state index is 0.120. The van der Waals surface area contributed by atoms with Crippen LogP contribution in [0.15, 0.2) is 103 Å². The molecule has 3 aliphatic carbocycles. The van der Waals surface area contributed by atoms with Crippen molar-refractivity contribution >= 4 is 11.3 Å². The topological polar surface area (TPSA) is 3.24 Å². The molecule has 0 radical (unpaired) electrons. The molecule has 0 unspecified atom stereocenters. The highest BCUT2D eigenvalue weighted by Gasteiger charge is 2.57. The van der Waals surface area contributed by atoms with Crippen LogP contribution in [-0.2, 0) is 5.41 Å². The zero-order valence-electron chi connectivity index (χ0n) is 22.3. The van der Waals surface area contributed by atoms with Gasteiger partial charge in [0.15, 0.2) is 0 Å². The standard InChI is InChI=1S/C36H35N/c1-23(2)26-17-12-18-27(24(3)4)35(26)37-21-32-33(25-13-6-5-7-14-25)34-28-15-8-10-19-30(28)36(32,22-37)31-20-11-9-16-29(31)34/h5-20,23-24,34H,21-22H2,1-4H3. The maximum Gasteiger partial charge on any atom is 0.0615 e. The Labute approximate surface area is 221 Å². The Balaban J connectivity index is 1.55. The van der Waals surface area contributed by atoms with Gasteiger partial charge in [-0.1, -0.05) is 125 Å². The second-order valence-corrected chi connectivity index (χ2v) is 11.7. The van der Waals surface area contributed by atoms with Gasteiger partial charge in [0.05, 0.1) is 5.41 Å². The summed E-state index contributed by atoms with van der Waals surface area (Å²) in [5, 5.41) is 0. The predicted molar refractivity (Wildman–Crippen MR) is 156 cm³/mol. The lowest BCUT2D eigenvalue weighted by Gasteiger charge is -2.49. The van der Waals surface area contributed by atoms with Gasteiger partial charge in [0.1, 0.15) is 0 Å². The molecule has 1 saturated heterocycles. The summed E-state index contributed by atoms with van der Waals surface area (Å²) in [5.74, 6) is 1.25. The van der Waals surface area contributed by atoms with Crippen molar-refractivity contribution in [3.63, 3.8) is 0 Å². The van der Waals surface area contributed by atoms with Crippen molar-refractivity contribution in [3.05, 3.63) is 142 Å². The maximum absolute atomic E-state index is 2.74. The van der Waals surface area contributed by atoms with Gasteiger partial charge in [-0.15, -0.1) is 0 Å². The summed E-state index contributed by atoms with van der Waals surface area (Å²) < 4.78 is 0. The van der Waals surface area contributed by atoms with Crippen LogP contribution >= 0.6 is 0 Å². The Kier molecular flexibility index (Phi) is 5.02. The van der Waals surface area contributed by atoms with E-state index in [1.54, 1.807) is 5.57 Å². The van der Waals surface area contributed by atoms with Gasteiger partial charge < -0.3 is 4.90 Å². The van der Waals surface area contributed by atoms with E-state index in [9.17, 15) is 0 Å². The number of hydrogen-bond donors (Lipinski definition) is 0. The van der Waals surface area contributed by atoms with Crippen molar-refractivity contribution in [2.24, 2.45) is 0 Å². The number of hydrogen-bond acceptors (Lipinski definition) is 1. The van der Waals surface area contributed by atoms with Crippen molar-refractivity contribution in [2.45, 2.75) is 50.9 Å². The van der Waals surface area contributed by atoms with Crippen LogP contribution < -0.4 is 4.90 Å². The van der Waals surface area contributed by atoms with Crippen molar-refractivity contribution in [3.8, 4) is 0 Å². The van der Waals surface area contributed by atoms with Crippen LogP contribution in [0.5, 0.6) is 0 Å². The van der Waals surface area contributed by atoms with Gasteiger partial charge >= 0.3 is 0 Å². The molecule has 1 fully saturated rings. The van der Waals surface area contributed by atoms with Crippen molar-refractivity contribution in [1.29, 1.82) is 0 Å². The number of nitrogens with zero attached hydrogens (tertiary/aromatic N) is 1. The molecule has 8 rings (SSSR count). The minimum atomic E-state index is -0.120. The Hall–Kier alpha value is -3.58. The Morgan fingerprint density at radius 2 is 1.19 bits per heavy atom. The first-order valence-electron chi connectivity index (χ1n) is 13.9. The molecular formula is C36H35N. The third kappa shape index (κ3) is 3.04. The quantitative estimate of drug-likeness (QED) is 0.282. The molecule has 1 aliphatic heterocycles. The van der Waals surface area contributed by atoms with Gasteiger partial charge in [0.25, 0.3) is 0 Å². The molecule has 4 aromatic rings. The summed E-state index contributed by atoms with van der Waals surface area (Å²) in [7, 11) is 0. The average Bonchev–Trinajstić information content (AvgIpc) is 3.34. The lowest BCUT2D eigenvalue weighted by atomic mass is 9.53. The first kappa shape index (κ1) is 22.6. The van der Waals surface area contributed by atoms with E-state index in [-0.39, 0.29) is 11.3 Å². The monoisotopic (exact) mass is 481 g/mol. The molecule has 1 heteroatoms. The molecule has 37 heavy (non-hydrogen) atoms. The molecule has 4 aliphatic rings. The van der Waals surface area contributed by atoms with Gasteiger partial charge in [-0.3, -0.25) is 0 Å². The van der Waals surface area contributed by atoms with Crippen LogP contribution in [0.2, 0.25) is 0 Å². The Morgan fingerprint density at radius 3 is 1.76 bits per heavy atom. The van der Waals surface area contributed by atoms with E-state index in [0.29, 0.717) is 11.8 Å². The average molecular weight is 482 g/mol. The summed E-state index contributed by atoms with van der Waals surface area (Å²) >= 11 is 0. The van der Waals surface area contributed by atoms with Gasteiger partial charge in [-0.05, 0) is 61.9 Å². The maximum atomic E-state index is 2.74. The largest absolute Gasteiger partial charge is 0.365 e. The third-order valence-corrected chi connectivity index (χ3v) is 9.11. The summed E-state index contributed by atoms with van der Waals surface area (Å²) in [4.78, 5) is 2.74. The molecule has 0 aromatic heterocycles. The van der Waals surface area contributed by atoms with E-state index in [0.717, 1.165) is 13.1 Å². The van der Waals surface area contributed by atoms with Crippen LogP contribution in [0.25, 0.3) is 5.57 Å². The van der Waals surface area contributed by atoms with E-state index in [4.69, 9.17) is 0 Å². The fraction of sp³-hybridized carbons (Fsp3) is 0.278. The van der Waals surface area contributed by atoms with Crippen LogP contribution in [0.3, 0.4) is 0 Å². The van der Waals surface area contributed by atoms with Gasteiger partial charge in [0.2, 0.25) is 0 Å². The van der Waals surface area contributed by atoms with E-state index in [1.807, 2.05) is 0 Å². The molecule has 184 valence electrons. The summed E-state index contributed by atoms with van der Waals surface area (Å²) in [5.41, 5.74) is 14.8. The van der Waals surface area contributed by atoms with E-state index < -0.39 is 0 Å². The minimum Gasteiger partial charge on any atom is -0.365 e. The SMILES string of the molecule is CC(C)c1cccc(C(C)C)c1N1CC2=C(c3ccccc3)C3c4ccccc4C2(C1)c1ccccc13. The molecule has 4 aromatic carbocycles. The third-order valence-electron chi connectivity index (χ3n) is 9.11. The molecule has 0 saturated carbocycles. The van der Waals surface area contributed by atoms with Crippen molar-refractivity contribution in [2.75, 3.05) is 18.0 Å². The summed E-state index contributed by atoms with van der Waals surface area (Å²) in [6, 6.07) is 36.8. The highest BCUT2D eigenvalue weighted by atomic mass is 15.2. The number of benzene rings is 4. The highest BCUT2D eigenvalue weighted by molar-refractivity contribution is 5.91. The number of rotatable bonds is 4. The van der Waals surface area contributed by atoms with Crippen LogP contribution in [0.4, 0.5) is 5.69 Å². The lowest BCUT2D eigenvalue weighted by molar-refractivity contribution is 0.605. The van der Waals surface area contributed by atoms with E-state index in [1.165, 1.54) is 50.2 Å². The van der Waals surface area contributed by atoms with Crippen LogP contribution in [0, 0.1) is 0 Å². The molecule has 0 N–H and O–H groups in total. The normalized spacial score (nSPS) is 21.5. The van der Waals surface area contributed by atoms with Crippen molar-refractivity contribution < 1.29 is 0 Å². The molecular weight excluding hydrogens is 446 g/mol. The van der Waals surface area contributed by atoms with E-state index in [2.05, 4.69) is 130 Å². The fourth-order valence-corrected chi connectivity index (χ4v) is 7.64. The lowest BCUT2D eigenvalue weighted by Crippen LogP contribution is -2.43. The smallest absolute Gasteiger partial charge is 0.0615 e. The van der Waals surface area contributed by atoms with Crippen molar-refractivity contribution in [1.82, 2.24) is 0 Å². The second kappa shape index (κ2) is 8.21. The number of allylic oxidation sites excluding steroid dienone is 1. The molecule has 0 atom stereocenters. The predicted octanol–water partition coefficient (Wildman–Crippen LogP) is 8.65. The molecule has 0 amide bonds. The second-order valence-electron chi connectivity index (χ2n) is 11.7. The zero-order valence-corrected chi connectivity index (χ0v) is 22.3. The molecule has 2 bridgehead atoms. The van der Waals surface area contributed by atoms with Gasteiger partial charge in [0, 0.05) is 24.7 Å². The van der Waals surface area contributed by atoms with Gasteiger partial charge in [-0.2, -0.15) is 0 Å². The molecule has 1 nitrogen and oxygen atoms in total. The molecule has 1 spiro atoms. The summed E-state index contributed by atoms with van der Waals surface area (Å²) in [6.07, 6.45) is 0. The Morgan fingerprint density at radius 1 is 0.649 bits per heavy atom. The number of para-hydroxylation sites is 1. The zero-order chi connectivity index (χ0) is 25.3. The fourth-order valence-electron chi connectivity index (χ4n) is 7.64. The Bertz CT molecular complexity index is 1460. The first-order valence-corrected chi connectivity index (χ1v) is 13.9. The number of anilines is 1. The van der Waals surface area contributed by atoms with E-state index >= 15 is 0 Å². The van der Waals surface area contributed by atoms with Crippen LogP contribution in [0.1, 0.15) is 84.4 Å². The van der Waals surface area contributed by atoms with Gasteiger partial charge in [-0.25, -0.2) is 0 Å². The van der Waals surface area contributed by atoms with Crippen LogP contribution in [-0.4, -0.2) is 13.1 Å².